The van der Waals surface area contributed by atoms with Crippen LogP contribution in [0.1, 0.15) is 22.5 Å². The van der Waals surface area contributed by atoms with E-state index in [2.05, 4.69) is 64.3 Å². The molecule has 1 saturated heterocycles. The van der Waals surface area contributed by atoms with Gasteiger partial charge in [-0.2, -0.15) is 0 Å². The molecule has 0 aliphatic carbocycles. The van der Waals surface area contributed by atoms with E-state index >= 15 is 0 Å². The number of amides is 3. The van der Waals surface area contributed by atoms with Crippen molar-refractivity contribution < 1.29 is 9.59 Å². The van der Waals surface area contributed by atoms with Crippen LogP contribution in [0.15, 0.2) is 53.7 Å². The van der Waals surface area contributed by atoms with Gasteiger partial charge in [-0.25, -0.2) is 4.79 Å². The monoisotopic (exact) mass is 421 g/mol. The summed E-state index contributed by atoms with van der Waals surface area (Å²) in [6.07, 6.45) is 0.661. The molecule has 0 bridgehead atoms. The molecule has 4 rings (SSSR count). The van der Waals surface area contributed by atoms with Gasteiger partial charge >= 0.3 is 6.03 Å². The highest BCUT2D eigenvalue weighted by atomic mass is 32.2. The van der Waals surface area contributed by atoms with E-state index in [1.165, 1.54) is 22.2 Å². The lowest BCUT2D eigenvalue weighted by molar-refractivity contribution is -0.124. The first-order valence-corrected chi connectivity index (χ1v) is 10.8. The van der Waals surface area contributed by atoms with Crippen molar-refractivity contribution in [1.29, 1.82) is 0 Å². The van der Waals surface area contributed by atoms with Crippen molar-refractivity contribution in [3.8, 4) is 5.69 Å². The number of carbonyl (C=O) groups excluding carboxylic acids is 2. The Bertz CT molecular complexity index is 1060. The number of hydrogen-bond acceptors (Lipinski definition) is 5. The smallest absolute Gasteiger partial charge is 0.324 e. The number of nitrogens with one attached hydrogen (secondary N) is 1. The molecule has 0 spiro atoms. The molecule has 0 saturated carbocycles. The van der Waals surface area contributed by atoms with Crippen molar-refractivity contribution >= 4 is 23.7 Å². The topological polar surface area (TPSA) is 80.1 Å². The molecular formula is C22H23N5O2S. The normalized spacial score (nSPS) is 13.7. The Morgan fingerprint density at radius 2 is 1.87 bits per heavy atom. The third-order valence-corrected chi connectivity index (χ3v) is 5.89. The molecule has 0 atom stereocenters. The number of aryl methyl sites for hydroxylation is 2. The quantitative estimate of drug-likeness (QED) is 0.468. The van der Waals surface area contributed by atoms with Crippen LogP contribution in [0, 0.1) is 13.8 Å². The lowest BCUT2D eigenvalue weighted by Gasteiger charge is -2.15. The van der Waals surface area contributed by atoms with Crippen LogP contribution in [0.25, 0.3) is 5.69 Å². The lowest BCUT2D eigenvalue weighted by atomic mass is 10.1. The Balaban J connectivity index is 1.61. The summed E-state index contributed by atoms with van der Waals surface area (Å²) in [6, 6.07) is 16.2. The van der Waals surface area contributed by atoms with Gasteiger partial charge in [-0.3, -0.25) is 14.3 Å². The van der Waals surface area contributed by atoms with Gasteiger partial charge in [-0.15, -0.1) is 10.2 Å². The van der Waals surface area contributed by atoms with Crippen molar-refractivity contribution in [1.82, 2.24) is 25.0 Å². The van der Waals surface area contributed by atoms with Gasteiger partial charge < -0.3 is 5.32 Å². The van der Waals surface area contributed by atoms with Crippen LogP contribution in [0.2, 0.25) is 0 Å². The van der Waals surface area contributed by atoms with E-state index in [4.69, 9.17) is 0 Å². The predicted molar refractivity (Wildman–Crippen MR) is 116 cm³/mol. The van der Waals surface area contributed by atoms with Gasteiger partial charge in [0.2, 0.25) is 5.91 Å². The van der Waals surface area contributed by atoms with Gasteiger partial charge in [0.25, 0.3) is 0 Å². The molecule has 1 fully saturated rings. The number of carbonyl (C=O) groups is 2. The van der Waals surface area contributed by atoms with Crippen molar-refractivity contribution in [2.75, 3.05) is 18.8 Å². The second-order valence-corrected chi connectivity index (χ2v) is 8.30. The zero-order valence-electron chi connectivity index (χ0n) is 17.0. The Hall–Kier alpha value is -3.13. The minimum Gasteiger partial charge on any atom is -0.329 e. The van der Waals surface area contributed by atoms with E-state index in [0.29, 0.717) is 18.7 Å². The summed E-state index contributed by atoms with van der Waals surface area (Å²) in [5.41, 5.74) is 4.53. The highest BCUT2D eigenvalue weighted by Gasteiger charge is 2.28. The van der Waals surface area contributed by atoms with Crippen LogP contribution in [0.3, 0.4) is 0 Å². The van der Waals surface area contributed by atoms with Crippen molar-refractivity contribution in [3.63, 3.8) is 0 Å². The SMILES string of the molecule is Cc1ccc(-n2c(Cc3ccccc3)nnc2SCCN2C(=O)CNC2=O)c(C)c1. The van der Waals surface area contributed by atoms with E-state index in [1.54, 1.807) is 0 Å². The van der Waals surface area contributed by atoms with E-state index < -0.39 is 0 Å². The maximum Gasteiger partial charge on any atom is 0.324 e. The zero-order valence-corrected chi connectivity index (χ0v) is 17.8. The zero-order chi connectivity index (χ0) is 21.1. The third kappa shape index (κ3) is 4.23. The number of aromatic nitrogens is 3. The molecule has 1 aliphatic heterocycles. The van der Waals surface area contributed by atoms with E-state index in [-0.39, 0.29) is 18.5 Å². The van der Waals surface area contributed by atoms with Crippen LogP contribution in [-0.4, -0.2) is 50.4 Å². The fourth-order valence-corrected chi connectivity index (χ4v) is 4.38. The van der Waals surface area contributed by atoms with Crippen LogP contribution < -0.4 is 5.32 Å². The average Bonchev–Trinajstić information content (AvgIpc) is 3.26. The van der Waals surface area contributed by atoms with Crippen molar-refractivity contribution in [2.24, 2.45) is 0 Å². The lowest BCUT2D eigenvalue weighted by Crippen LogP contribution is -2.32. The first-order valence-electron chi connectivity index (χ1n) is 9.80. The number of urea groups is 1. The standard InChI is InChI=1S/C22H23N5O2S/c1-15-8-9-18(16(2)12-15)27-19(13-17-6-4-3-5-7-17)24-25-22(27)30-11-10-26-20(28)14-23-21(26)29/h3-9,12H,10-11,13-14H2,1-2H3,(H,23,29). The molecule has 8 heteroatoms. The summed E-state index contributed by atoms with van der Waals surface area (Å²) in [7, 11) is 0. The summed E-state index contributed by atoms with van der Waals surface area (Å²) >= 11 is 1.49. The largest absolute Gasteiger partial charge is 0.329 e. The third-order valence-electron chi connectivity index (χ3n) is 4.98. The maximum atomic E-state index is 11.8. The molecule has 2 heterocycles. The fourth-order valence-electron chi connectivity index (χ4n) is 3.49. The summed E-state index contributed by atoms with van der Waals surface area (Å²) in [5.74, 6) is 1.21. The minimum atomic E-state index is -0.332. The van der Waals surface area contributed by atoms with E-state index in [1.807, 2.05) is 18.2 Å². The maximum absolute atomic E-state index is 11.8. The molecule has 1 N–H and O–H groups in total. The summed E-state index contributed by atoms with van der Waals surface area (Å²) in [4.78, 5) is 24.8. The van der Waals surface area contributed by atoms with Gasteiger partial charge in [0, 0.05) is 18.7 Å². The minimum absolute atomic E-state index is 0.0729. The summed E-state index contributed by atoms with van der Waals surface area (Å²) in [5, 5.41) is 12.2. The van der Waals surface area contributed by atoms with Gasteiger partial charge in [0.15, 0.2) is 5.16 Å². The molecule has 30 heavy (non-hydrogen) atoms. The van der Waals surface area contributed by atoms with E-state index in [0.717, 1.165) is 27.8 Å². The second kappa shape index (κ2) is 8.71. The Kier molecular flexibility index (Phi) is 5.85. The molecule has 0 radical (unpaired) electrons. The number of rotatable bonds is 7. The van der Waals surface area contributed by atoms with Crippen LogP contribution >= 0.6 is 11.8 Å². The first-order chi connectivity index (χ1) is 14.5. The van der Waals surface area contributed by atoms with Crippen molar-refractivity contribution in [3.05, 3.63) is 71.0 Å². The first kappa shape index (κ1) is 20.2. The van der Waals surface area contributed by atoms with Crippen LogP contribution in [-0.2, 0) is 11.2 Å². The van der Waals surface area contributed by atoms with Crippen LogP contribution in [0.4, 0.5) is 4.79 Å². The molecular weight excluding hydrogens is 398 g/mol. The highest BCUT2D eigenvalue weighted by Crippen LogP contribution is 2.26. The van der Waals surface area contributed by atoms with Crippen molar-refractivity contribution in [2.45, 2.75) is 25.4 Å². The molecule has 1 aromatic heterocycles. The van der Waals surface area contributed by atoms with E-state index in [9.17, 15) is 9.59 Å². The average molecular weight is 422 g/mol. The molecule has 7 nitrogen and oxygen atoms in total. The highest BCUT2D eigenvalue weighted by molar-refractivity contribution is 7.99. The number of imide groups is 1. The van der Waals surface area contributed by atoms with Crippen LogP contribution in [0.5, 0.6) is 0 Å². The van der Waals surface area contributed by atoms with Gasteiger partial charge in [0.05, 0.1) is 12.2 Å². The summed E-state index contributed by atoms with van der Waals surface area (Å²) < 4.78 is 2.08. The molecule has 3 amide bonds. The fraction of sp³-hybridized carbons (Fsp3) is 0.273. The molecule has 0 unspecified atom stereocenters. The Morgan fingerprint density at radius 3 is 2.57 bits per heavy atom. The number of nitrogens with zero attached hydrogens (tertiary/aromatic N) is 4. The summed E-state index contributed by atoms with van der Waals surface area (Å²) in [6.45, 7) is 4.56. The molecule has 154 valence electrons. The second-order valence-electron chi connectivity index (χ2n) is 7.24. The predicted octanol–water partition coefficient (Wildman–Crippen LogP) is 3.12. The van der Waals surface area contributed by atoms with Gasteiger partial charge in [0.1, 0.15) is 5.82 Å². The Morgan fingerprint density at radius 1 is 1.07 bits per heavy atom. The van der Waals surface area contributed by atoms with Gasteiger partial charge in [-0.05, 0) is 31.0 Å². The molecule has 1 aliphatic rings. The van der Waals surface area contributed by atoms with Gasteiger partial charge in [-0.1, -0.05) is 59.8 Å². The number of thioether (sulfide) groups is 1. The molecule has 2 aromatic carbocycles. The molecule has 3 aromatic rings. The number of hydrogen-bond donors (Lipinski definition) is 1. The Labute approximate surface area is 179 Å². The number of benzene rings is 2.